The molecule has 5 heteroatoms. The van der Waals surface area contributed by atoms with Crippen LogP contribution in [0.3, 0.4) is 0 Å². The van der Waals surface area contributed by atoms with E-state index in [4.69, 9.17) is 9.47 Å². The Bertz CT molecular complexity index is 446. The third kappa shape index (κ3) is 3.41. The Balaban J connectivity index is 2.29. The lowest BCUT2D eigenvalue weighted by atomic mass is 10.0. The summed E-state index contributed by atoms with van der Waals surface area (Å²) >= 11 is 0. The fourth-order valence-corrected chi connectivity index (χ4v) is 2.52. The molecule has 1 saturated heterocycles. The Hall–Kier alpha value is -1.33. The van der Waals surface area contributed by atoms with Gasteiger partial charge in [0.15, 0.2) is 11.5 Å². The van der Waals surface area contributed by atoms with Crippen molar-refractivity contribution in [2.24, 2.45) is 0 Å². The minimum Gasteiger partial charge on any atom is -0.493 e. The molecule has 0 saturated carbocycles. The lowest BCUT2D eigenvalue weighted by Gasteiger charge is -2.28. The maximum atomic E-state index is 13.6. The zero-order valence-electron chi connectivity index (χ0n) is 12.4. The number of benzene rings is 1. The fraction of sp³-hybridized carbons (Fsp3) is 0.600. The third-order valence-corrected chi connectivity index (χ3v) is 3.64. The van der Waals surface area contributed by atoms with Gasteiger partial charge in [-0.3, -0.25) is 4.90 Å². The molecule has 20 heavy (non-hydrogen) atoms. The number of nitrogens with one attached hydrogen (secondary N) is 1. The predicted octanol–water partition coefficient (Wildman–Crippen LogP) is 2.14. The van der Waals surface area contributed by atoms with E-state index in [1.54, 1.807) is 20.3 Å². The van der Waals surface area contributed by atoms with Gasteiger partial charge in [-0.05, 0) is 24.6 Å². The molecule has 1 aliphatic rings. The molecule has 1 fully saturated rings. The topological polar surface area (TPSA) is 33.7 Å². The van der Waals surface area contributed by atoms with Crippen molar-refractivity contribution in [3.8, 4) is 11.5 Å². The van der Waals surface area contributed by atoms with Crippen molar-refractivity contribution in [3.63, 3.8) is 0 Å². The minimum absolute atomic E-state index is 0.597. The van der Waals surface area contributed by atoms with Crippen LogP contribution in [0, 0.1) is 0 Å². The summed E-state index contributed by atoms with van der Waals surface area (Å²) in [6.07, 6.45) is -1.02. The van der Waals surface area contributed by atoms with Crippen molar-refractivity contribution in [2.45, 2.75) is 19.6 Å². The highest BCUT2D eigenvalue weighted by molar-refractivity contribution is 5.50. The van der Waals surface area contributed by atoms with Crippen LogP contribution in [0.2, 0.25) is 0 Å². The number of alkyl halides is 1. The highest BCUT2D eigenvalue weighted by atomic mass is 19.1. The van der Waals surface area contributed by atoms with E-state index in [0.29, 0.717) is 17.1 Å². The summed E-state index contributed by atoms with van der Waals surface area (Å²) in [5.41, 5.74) is 1.61. The molecule has 0 spiro atoms. The van der Waals surface area contributed by atoms with Gasteiger partial charge in [0.1, 0.15) is 6.17 Å². The van der Waals surface area contributed by atoms with Crippen molar-refractivity contribution in [2.75, 3.05) is 40.4 Å². The molecule has 0 aromatic heterocycles. The molecule has 112 valence electrons. The normalized spacial score (nSPS) is 17.8. The lowest BCUT2D eigenvalue weighted by Crippen LogP contribution is -2.42. The summed E-state index contributed by atoms with van der Waals surface area (Å²) in [5.74, 6) is 1.30. The molecule has 1 aromatic carbocycles. The molecule has 1 heterocycles. The van der Waals surface area contributed by atoms with Gasteiger partial charge in [0.2, 0.25) is 0 Å². The standard InChI is InChI=1S/C15H23FN2O2/c1-11(16)12-8-13(10-18-6-4-17-5-7-18)15(20-3)14(9-12)19-2/h8-9,11,17H,4-7,10H2,1-3H3. The van der Waals surface area contributed by atoms with Gasteiger partial charge in [-0.25, -0.2) is 4.39 Å². The number of nitrogens with zero attached hydrogens (tertiary/aromatic N) is 1. The smallest absolute Gasteiger partial charge is 0.165 e. The molecule has 2 rings (SSSR count). The second-order valence-electron chi connectivity index (χ2n) is 5.06. The van der Waals surface area contributed by atoms with E-state index in [9.17, 15) is 4.39 Å². The van der Waals surface area contributed by atoms with E-state index in [-0.39, 0.29) is 0 Å². The van der Waals surface area contributed by atoms with Crippen LogP contribution in [0.15, 0.2) is 12.1 Å². The van der Waals surface area contributed by atoms with Gasteiger partial charge < -0.3 is 14.8 Å². The monoisotopic (exact) mass is 282 g/mol. The second-order valence-corrected chi connectivity index (χ2v) is 5.06. The van der Waals surface area contributed by atoms with Crippen LogP contribution in [0.25, 0.3) is 0 Å². The van der Waals surface area contributed by atoms with Gasteiger partial charge in [0.05, 0.1) is 14.2 Å². The molecule has 1 N–H and O–H groups in total. The van der Waals surface area contributed by atoms with Crippen LogP contribution in [0.5, 0.6) is 11.5 Å². The van der Waals surface area contributed by atoms with Gasteiger partial charge >= 0.3 is 0 Å². The first-order chi connectivity index (χ1) is 9.65. The average Bonchev–Trinajstić information content (AvgIpc) is 2.47. The number of hydrogen-bond donors (Lipinski definition) is 1. The maximum absolute atomic E-state index is 13.6. The molecule has 1 aromatic rings. The molecule has 0 bridgehead atoms. The Labute approximate surface area is 119 Å². The molecular formula is C15H23FN2O2. The first-order valence-corrected chi connectivity index (χ1v) is 6.97. The van der Waals surface area contributed by atoms with E-state index in [2.05, 4.69) is 10.2 Å². The highest BCUT2D eigenvalue weighted by Gasteiger charge is 2.18. The number of halogens is 1. The zero-order chi connectivity index (χ0) is 14.5. The van der Waals surface area contributed by atoms with E-state index < -0.39 is 6.17 Å². The predicted molar refractivity (Wildman–Crippen MR) is 77.2 cm³/mol. The largest absolute Gasteiger partial charge is 0.493 e. The summed E-state index contributed by atoms with van der Waals surface area (Å²) in [6, 6.07) is 3.60. The molecule has 4 nitrogen and oxygen atoms in total. The van der Waals surface area contributed by atoms with Crippen LogP contribution in [-0.4, -0.2) is 45.3 Å². The van der Waals surface area contributed by atoms with Crippen molar-refractivity contribution in [1.82, 2.24) is 10.2 Å². The molecule has 1 atom stereocenters. The van der Waals surface area contributed by atoms with Crippen molar-refractivity contribution in [3.05, 3.63) is 23.3 Å². The summed E-state index contributed by atoms with van der Waals surface area (Å²) in [4.78, 5) is 2.33. The maximum Gasteiger partial charge on any atom is 0.165 e. The second kappa shape index (κ2) is 6.90. The summed E-state index contributed by atoms with van der Waals surface area (Å²) in [7, 11) is 3.21. The molecular weight excluding hydrogens is 259 g/mol. The quantitative estimate of drug-likeness (QED) is 0.897. The van der Waals surface area contributed by atoms with E-state index in [1.165, 1.54) is 6.92 Å². The SMILES string of the molecule is COc1cc(C(C)F)cc(CN2CCNCC2)c1OC. The van der Waals surface area contributed by atoms with Crippen LogP contribution in [-0.2, 0) is 6.54 Å². The van der Waals surface area contributed by atoms with E-state index in [0.717, 1.165) is 38.3 Å². The van der Waals surface area contributed by atoms with Crippen molar-refractivity contribution < 1.29 is 13.9 Å². The minimum atomic E-state index is -1.02. The molecule has 1 unspecified atom stereocenters. The number of hydrogen-bond acceptors (Lipinski definition) is 4. The highest BCUT2D eigenvalue weighted by Crippen LogP contribution is 2.36. The summed E-state index contributed by atoms with van der Waals surface area (Å²) in [6.45, 7) is 6.23. The fourth-order valence-electron chi connectivity index (χ4n) is 2.52. The Morgan fingerprint density at radius 1 is 1.25 bits per heavy atom. The van der Waals surface area contributed by atoms with Gasteiger partial charge in [0.25, 0.3) is 0 Å². The van der Waals surface area contributed by atoms with Crippen LogP contribution < -0.4 is 14.8 Å². The molecule has 0 radical (unpaired) electrons. The number of methoxy groups -OCH3 is 2. The Kier molecular flexibility index (Phi) is 5.20. The lowest BCUT2D eigenvalue weighted by molar-refractivity contribution is 0.228. The Morgan fingerprint density at radius 2 is 1.95 bits per heavy atom. The molecule has 0 aliphatic carbocycles. The van der Waals surface area contributed by atoms with Gasteiger partial charge in [-0.15, -0.1) is 0 Å². The molecule has 0 amide bonds. The molecule has 1 aliphatic heterocycles. The van der Waals surface area contributed by atoms with Crippen molar-refractivity contribution >= 4 is 0 Å². The van der Waals surface area contributed by atoms with Gasteiger partial charge in [-0.1, -0.05) is 0 Å². The third-order valence-electron chi connectivity index (χ3n) is 3.64. The van der Waals surface area contributed by atoms with Crippen LogP contribution in [0.4, 0.5) is 4.39 Å². The van der Waals surface area contributed by atoms with Crippen LogP contribution >= 0.6 is 0 Å². The van der Waals surface area contributed by atoms with E-state index >= 15 is 0 Å². The summed E-state index contributed by atoms with van der Waals surface area (Å²) < 4.78 is 24.4. The van der Waals surface area contributed by atoms with E-state index in [1.807, 2.05) is 6.07 Å². The first kappa shape index (κ1) is 15.1. The van der Waals surface area contributed by atoms with Crippen molar-refractivity contribution in [1.29, 1.82) is 0 Å². The summed E-state index contributed by atoms with van der Waals surface area (Å²) in [5, 5.41) is 3.32. The zero-order valence-corrected chi connectivity index (χ0v) is 12.4. The van der Waals surface area contributed by atoms with Gasteiger partial charge in [-0.2, -0.15) is 0 Å². The van der Waals surface area contributed by atoms with Crippen LogP contribution in [0.1, 0.15) is 24.2 Å². The number of ether oxygens (including phenoxy) is 2. The van der Waals surface area contributed by atoms with Gasteiger partial charge in [0, 0.05) is 38.3 Å². The number of rotatable bonds is 5. The Morgan fingerprint density at radius 3 is 2.50 bits per heavy atom. The first-order valence-electron chi connectivity index (χ1n) is 6.97. The average molecular weight is 282 g/mol. The number of piperazine rings is 1.